The van der Waals surface area contributed by atoms with Crippen LogP contribution in [-0.2, 0) is 14.6 Å². The maximum Gasteiger partial charge on any atom is 0.341 e. The molecular formula is C12H14F2N2O3S. The normalized spacial score (nSPS) is 15.2. The standard InChI is InChI=1S/C12H14F2N2O3S/c13-12(14)20(18,19)10-5-3-8(4-6-10)15-7-11(17)16-9-1-2-9/h3-6,9,12,15H,1-2,7H2,(H,16,17). The van der Waals surface area contributed by atoms with Gasteiger partial charge in [0.1, 0.15) is 0 Å². The van der Waals surface area contributed by atoms with Gasteiger partial charge in [-0.1, -0.05) is 0 Å². The highest BCUT2D eigenvalue weighted by Crippen LogP contribution is 2.20. The molecule has 0 spiro atoms. The van der Waals surface area contributed by atoms with Crippen molar-refractivity contribution in [3.05, 3.63) is 24.3 Å². The van der Waals surface area contributed by atoms with Crippen molar-refractivity contribution in [3.8, 4) is 0 Å². The largest absolute Gasteiger partial charge is 0.376 e. The number of carbonyl (C=O) groups is 1. The number of halogens is 2. The molecule has 0 aromatic heterocycles. The molecule has 1 fully saturated rings. The molecule has 1 aliphatic carbocycles. The molecule has 0 heterocycles. The first-order chi connectivity index (χ1) is 9.39. The Morgan fingerprint density at radius 2 is 1.85 bits per heavy atom. The third-order valence-electron chi connectivity index (χ3n) is 2.81. The maximum atomic E-state index is 12.3. The number of hydrogen-bond acceptors (Lipinski definition) is 4. The number of rotatable bonds is 6. The van der Waals surface area contributed by atoms with Gasteiger partial charge < -0.3 is 10.6 Å². The molecule has 1 amide bonds. The average Bonchev–Trinajstić information content (AvgIpc) is 3.20. The van der Waals surface area contributed by atoms with Crippen molar-refractivity contribution in [2.45, 2.75) is 29.5 Å². The Morgan fingerprint density at radius 3 is 2.35 bits per heavy atom. The molecule has 1 aliphatic rings. The third kappa shape index (κ3) is 3.66. The Labute approximate surface area is 115 Å². The lowest BCUT2D eigenvalue weighted by atomic mass is 10.3. The van der Waals surface area contributed by atoms with Crippen LogP contribution in [0.15, 0.2) is 29.2 Å². The van der Waals surface area contributed by atoms with Gasteiger partial charge in [0.25, 0.3) is 0 Å². The Morgan fingerprint density at radius 1 is 1.25 bits per heavy atom. The summed E-state index contributed by atoms with van der Waals surface area (Å²) >= 11 is 0. The van der Waals surface area contributed by atoms with Crippen molar-refractivity contribution < 1.29 is 22.0 Å². The molecule has 110 valence electrons. The van der Waals surface area contributed by atoms with E-state index in [1.807, 2.05) is 0 Å². The van der Waals surface area contributed by atoms with E-state index >= 15 is 0 Å². The van der Waals surface area contributed by atoms with Crippen LogP contribution in [0, 0.1) is 0 Å². The van der Waals surface area contributed by atoms with Gasteiger partial charge in [-0.25, -0.2) is 8.42 Å². The van der Waals surface area contributed by atoms with Gasteiger partial charge in [0.2, 0.25) is 15.7 Å². The number of benzene rings is 1. The first-order valence-corrected chi connectivity index (χ1v) is 7.59. The molecule has 0 bridgehead atoms. The van der Waals surface area contributed by atoms with Crippen LogP contribution in [0.25, 0.3) is 0 Å². The first kappa shape index (κ1) is 14.7. The van der Waals surface area contributed by atoms with Crippen molar-refractivity contribution in [2.24, 2.45) is 0 Å². The van der Waals surface area contributed by atoms with Crippen molar-refractivity contribution in [1.82, 2.24) is 5.32 Å². The quantitative estimate of drug-likeness (QED) is 0.832. The zero-order valence-electron chi connectivity index (χ0n) is 10.5. The van der Waals surface area contributed by atoms with E-state index in [2.05, 4.69) is 10.6 Å². The minimum atomic E-state index is -4.57. The van der Waals surface area contributed by atoms with E-state index < -0.39 is 20.5 Å². The van der Waals surface area contributed by atoms with Gasteiger partial charge >= 0.3 is 5.76 Å². The zero-order valence-corrected chi connectivity index (χ0v) is 11.3. The molecule has 1 aromatic rings. The number of alkyl halides is 2. The van der Waals surface area contributed by atoms with Crippen LogP contribution in [0.3, 0.4) is 0 Å². The second-order valence-corrected chi connectivity index (χ2v) is 6.44. The minimum Gasteiger partial charge on any atom is -0.376 e. The molecular weight excluding hydrogens is 290 g/mol. The summed E-state index contributed by atoms with van der Waals surface area (Å²) in [5.74, 6) is -3.59. The first-order valence-electron chi connectivity index (χ1n) is 6.05. The molecule has 1 saturated carbocycles. The summed E-state index contributed by atoms with van der Waals surface area (Å²) in [4.78, 5) is 11.0. The van der Waals surface area contributed by atoms with Gasteiger partial charge in [-0.15, -0.1) is 0 Å². The molecule has 2 rings (SSSR count). The topological polar surface area (TPSA) is 75.3 Å². The number of hydrogen-bond donors (Lipinski definition) is 2. The lowest BCUT2D eigenvalue weighted by Crippen LogP contribution is -2.31. The highest BCUT2D eigenvalue weighted by atomic mass is 32.2. The molecule has 0 unspecified atom stereocenters. The van der Waals surface area contributed by atoms with Crippen molar-refractivity contribution in [2.75, 3.05) is 11.9 Å². The Bertz CT molecular complexity index is 583. The second-order valence-electron chi connectivity index (χ2n) is 4.53. The number of amides is 1. The van der Waals surface area contributed by atoms with Crippen LogP contribution in [0.2, 0.25) is 0 Å². The molecule has 20 heavy (non-hydrogen) atoms. The van der Waals surface area contributed by atoms with Crippen molar-refractivity contribution in [3.63, 3.8) is 0 Å². The third-order valence-corrected chi connectivity index (χ3v) is 4.21. The molecule has 0 radical (unpaired) electrons. The molecule has 2 N–H and O–H groups in total. The summed E-state index contributed by atoms with van der Waals surface area (Å²) in [5, 5.41) is 5.57. The van der Waals surface area contributed by atoms with Gasteiger partial charge in [0, 0.05) is 11.7 Å². The predicted molar refractivity (Wildman–Crippen MR) is 69.3 cm³/mol. The lowest BCUT2D eigenvalue weighted by Gasteiger charge is -2.08. The van der Waals surface area contributed by atoms with Crippen molar-refractivity contribution in [1.29, 1.82) is 0 Å². The highest BCUT2D eigenvalue weighted by molar-refractivity contribution is 7.91. The summed E-state index contributed by atoms with van der Waals surface area (Å²) in [6, 6.07) is 5.13. The Kier molecular flexibility index (Phi) is 4.22. The van der Waals surface area contributed by atoms with Crippen LogP contribution in [0.5, 0.6) is 0 Å². The highest BCUT2D eigenvalue weighted by Gasteiger charge is 2.26. The minimum absolute atomic E-state index is 0.0530. The fraction of sp³-hybridized carbons (Fsp3) is 0.417. The number of anilines is 1. The van der Waals surface area contributed by atoms with Gasteiger partial charge in [-0.05, 0) is 37.1 Å². The van der Waals surface area contributed by atoms with Crippen LogP contribution in [0.4, 0.5) is 14.5 Å². The summed E-state index contributed by atoms with van der Waals surface area (Å²) < 4.78 is 47.1. The smallest absolute Gasteiger partial charge is 0.341 e. The SMILES string of the molecule is O=C(CNc1ccc(S(=O)(=O)C(F)F)cc1)NC1CC1. The molecule has 5 nitrogen and oxygen atoms in total. The van der Waals surface area contributed by atoms with E-state index in [-0.39, 0.29) is 18.5 Å². The van der Waals surface area contributed by atoms with Gasteiger partial charge in [0.05, 0.1) is 11.4 Å². The lowest BCUT2D eigenvalue weighted by molar-refractivity contribution is -0.119. The fourth-order valence-corrected chi connectivity index (χ4v) is 2.28. The van der Waals surface area contributed by atoms with Gasteiger partial charge in [-0.3, -0.25) is 4.79 Å². The summed E-state index contributed by atoms with van der Waals surface area (Å²) in [5.41, 5.74) is 0.490. The summed E-state index contributed by atoms with van der Waals surface area (Å²) in [6.07, 6.45) is 1.98. The predicted octanol–water partition coefficient (Wildman–Crippen LogP) is 1.37. The van der Waals surface area contributed by atoms with Crippen LogP contribution in [-0.4, -0.2) is 32.7 Å². The number of carbonyl (C=O) groups excluding carboxylic acids is 1. The van der Waals surface area contributed by atoms with Gasteiger partial charge in [-0.2, -0.15) is 8.78 Å². The molecule has 8 heteroatoms. The van der Waals surface area contributed by atoms with Crippen LogP contribution < -0.4 is 10.6 Å². The average molecular weight is 304 g/mol. The number of nitrogens with one attached hydrogen (secondary N) is 2. The zero-order chi connectivity index (χ0) is 14.8. The summed E-state index contributed by atoms with van der Waals surface area (Å²) in [7, 11) is -4.57. The van der Waals surface area contributed by atoms with E-state index in [0.29, 0.717) is 5.69 Å². The van der Waals surface area contributed by atoms with E-state index in [1.54, 1.807) is 0 Å². The van der Waals surface area contributed by atoms with Gasteiger partial charge in [0.15, 0.2) is 0 Å². The van der Waals surface area contributed by atoms with Crippen molar-refractivity contribution >= 4 is 21.4 Å². The Hall–Kier alpha value is -1.70. The van der Waals surface area contributed by atoms with E-state index in [9.17, 15) is 22.0 Å². The van der Waals surface area contributed by atoms with E-state index in [0.717, 1.165) is 25.0 Å². The van der Waals surface area contributed by atoms with Crippen LogP contribution in [0.1, 0.15) is 12.8 Å². The molecule has 0 saturated heterocycles. The molecule has 0 aliphatic heterocycles. The van der Waals surface area contributed by atoms with E-state index in [1.165, 1.54) is 12.1 Å². The van der Waals surface area contributed by atoms with Crippen LogP contribution >= 0.6 is 0 Å². The second kappa shape index (κ2) is 5.74. The Balaban J connectivity index is 1.92. The summed E-state index contributed by atoms with van der Waals surface area (Å²) in [6.45, 7) is 0.0530. The molecule has 0 atom stereocenters. The monoisotopic (exact) mass is 304 g/mol. The fourth-order valence-electron chi connectivity index (χ4n) is 1.55. The molecule has 1 aromatic carbocycles. The maximum absolute atomic E-state index is 12.3. The van der Waals surface area contributed by atoms with E-state index in [4.69, 9.17) is 0 Å². The number of sulfone groups is 1.